The molecule has 0 aromatic rings. The molecule has 1 saturated heterocycles. The summed E-state index contributed by atoms with van der Waals surface area (Å²) < 4.78 is 9.51. The molecule has 0 bridgehead atoms. The Bertz CT molecular complexity index is 467. The first-order chi connectivity index (χ1) is 10.0. The van der Waals surface area contributed by atoms with Gasteiger partial charge in [-0.05, 0) is 6.42 Å². The van der Waals surface area contributed by atoms with Crippen molar-refractivity contribution >= 4 is 17.8 Å². The number of esters is 2. The Balaban J connectivity index is 2.23. The summed E-state index contributed by atoms with van der Waals surface area (Å²) in [5, 5.41) is 0. The zero-order valence-corrected chi connectivity index (χ0v) is 11.9. The van der Waals surface area contributed by atoms with Gasteiger partial charge >= 0.3 is 11.9 Å². The number of hydrogen-bond acceptors (Lipinski definition) is 5. The lowest BCUT2D eigenvalue weighted by Crippen LogP contribution is -2.29. The molecule has 0 aromatic carbocycles. The fraction of sp³-hybridized carbons (Fsp3) is 0.400. The van der Waals surface area contributed by atoms with Crippen LogP contribution in [0.15, 0.2) is 37.1 Å². The van der Waals surface area contributed by atoms with Crippen molar-refractivity contribution in [3.8, 4) is 0 Å². The van der Waals surface area contributed by atoms with Crippen molar-refractivity contribution < 1.29 is 23.9 Å². The number of carbonyl (C=O) groups excluding carboxylic acids is 3. The molecule has 1 aliphatic rings. The van der Waals surface area contributed by atoms with E-state index in [9.17, 15) is 14.4 Å². The van der Waals surface area contributed by atoms with Crippen molar-refractivity contribution in [3.63, 3.8) is 0 Å². The highest BCUT2D eigenvalue weighted by atomic mass is 16.5. The standard InChI is InChI=1S/C15H19NO5/c1-3-20-14(18)8-4-6-12(2)15(19)21-11-10-16-9-5-7-13(16)17/h3-4,6H,1-2,5,7-11H2. The lowest BCUT2D eigenvalue weighted by atomic mass is 10.2. The van der Waals surface area contributed by atoms with E-state index >= 15 is 0 Å². The molecule has 0 aliphatic carbocycles. The van der Waals surface area contributed by atoms with Crippen molar-refractivity contribution in [2.24, 2.45) is 0 Å². The van der Waals surface area contributed by atoms with E-state index in [1.807, 2.05) is 0 Å². The summed E-state index contributed by atoms with van der Waals surface area (Å²) in [4.78, 5) is 35.6. The van der Waals surface area contributed by atoms with Gasteiger partial charge in [-0.15, -0.1) is 0 Å². The van der Waals surface area contributed by atoms with Crippen LogP contribution in [0.25, 0.3) is 0 Å². The summed E-state index contributed by atoms with van der Waals surface area (Å²) in [6.07, 6.45) is 5.32. The van der Waals surface area contributed by atoms with E-state index < -0.39 is 11.9 Å². The molecule has 21 heavy (non-hydrogen) atoms. The van der Waals surface area contributed by atoms with Gasteiger partial charge in [0.15, 0.2) is 0 Å². The first-order valence-corrected chi connectivity index (χ1v) is 6.65. The van der Waals surface area contributed by atoms with E-state index in [2.05, 4.69) is 17.9 Å². The second-order valence-corrected chi connectivity index (χ2v) is 4.41. The molecule has 6 heteroatoms. The number of likely N-dealkylation sites (tertiary alicyclic amines) is 1. The van der Waals surface area contributed by atoms with Crippen LogP contribution in [0.4, 0.5) is 0 Å². The number of ether oxygens (including phenoxy) is 2. The zero-order chi connectivity index (χ0) is 15.7. The summed E-state index contributed by atoms with van der Waals surface area (Å²) in [5.41, 5.74) is 0.133. The van der Waals surface area contributed by atoms with E-state index in [1.165, 1.54) is 12.2 Å². The summed E-state index contributed by atoms with van der Waals surface area (Å²) in [7, 11) is 0. The lowest BCUT2D eigenvalue weighted by molar-refractivity contribution is -0.140. The van der Waals surface area contributed by atoms with Gasteiger partial charge in [-0.2, -0.15) is 0 Å². The molecule has 0 N–H and O–H groups in total. The van der Waals surface area contributed by atoms with Gasteiger partial charge in [-0.1, -0.05) is 25.3 Å². The second-order valence-electron chi connectivity index (χ2n) is 4.41. The lowest BCUT2D eigenvalue weighted by Gasteiger charge is -2.15. The third kappa shape index (κ3) is 6.07. The van der Waals surface area contributed by atoms with Crippen LogP contribution in [0, 0.1) is 0 Å². The van der Waals surface area contributed by atoms with Crippen molar-refractivity contribution in [1.29, 1.82) is 0 Å². The minimum absolute atomic E-state index is 0.0145. The summed E-state index contributed by atoms with van der Waals surface area (Å²) in [6, 6.07) is 0. The van der Waals surface area contributed by atoms with E-state index in [-0.39, 0.29) is 24.5 Å². The number of hydrogen-bond donors (Lipinski definition) is 0. The molecule has 1 heterocycles. The number of amides is 1. The molecule has 0 aromatic heterocycles. The Hall–Kier alpha value is -2.37. The summed E-state index contributed by atoms with van der Waals surface area (Å²) in [6.45, 7) is 8.05. The van der Waals surface area contributed by atoms with E-state index in [0.29, 0.717) is 19.5 Å². The highest BCUT2D eigenvalue weighted by Crippen LogP contribution is 2.08. The van der Waals surface area contributed by atoms with Crippen LogP contribution in [-0.4, -0.2) is 42.4 Å². The van der Waals surface area contributed by atoms with E-state index in [0.717, 1.165) is 12.7 Å². The maximum atomic E-state index is 11.6. The molecule has 114 valence electrons. The van der Waals surface area contributed by atoms with Crippen LogP contribution < -0.4 is 0 Å². The predicted molar refractivity (Wildman–Crippen MR) is 76.0 cm³/mol. The average molecular weight is 293 g/mol. The van der Waals surface area contributed by atoms with E-state index in [1.54, 1.807) is 4.90 Å². The van der Waals surface area contributed by atoms with Crippen molar-refractivity contribution in [1.82, 2.24) is 4.90 Å². The topological polar surface area (TPSA) is 72.9 Å². The Kier molecular flexibility index (Phi) is 6.94. The SMILES string of the molecule is C=COC(=O)CC=CC(=C)C(=O)OCCN1CCCC1=O. The van der Waals surface area contributed by atoms with Crippen LogP contribution >= 0.6 is 0 Å². The van der Waals surface area contributed by atoms with Gasteiger partial charge in [0.25, 0.3) is 0 Å². The minimum Gasteiger partial charge on any atom is -0.460 e. The molecule has 1 amide bonds. The molecule has 0 atom stereocenters. The number of nitrogens with zero attached hydrogens (tertiary/aromatic N) is 1. The summed E-state index contributed by atoms with van der Waals surface area (Å²) >= 11 is 0. The van der Waals surface area contributed by atoms with Crippen molar-refractivity contribution in [2.75, 3.05) is 19.7 Å². The van der Waals surface area contributed by atoms with Gasteiger partial charge in [0, 0.05) is 13.0 Å². The van der Waals surface area contributed by atoms with E-state index in [4.69, 9.17) is 4.74 Å². The maximum absolute atomic E-state index is 11.6. The molecular formula is C15H19NO5. The molecule has 0 unspecified atom stereocenters. The second kappa shape index (κ2) is 8.73. The van der Waals surface area contributed by atoms with Crippen LogP contribution in [0.5, 0.6) is 0 Å². The molecule has 1 aliphatic heterocycles. The number of rotatable bonds is 8. The van der Waals surface area contributed by atoms with Gasteiger partial charge < -0.3 is 14.4 Å². The normalized spacial score (nSPS) is 14.3. The van der Waals surface area contributed by atoms with Gasteiger partial charge in [0.05, 0.1) is 24.8 Å². The highest BCUT2D eigenvalue weighted by Gasteiger charge is 2.19. The molecule has 0 saturated carbocycles. The Labute approximate surface area is 123 Å². The largest absolute Gasteiger partial charge is 0.460 e. The minimum atomic E-state index is -0.574. The van der Waals surface area contributed by atoms with Crippen molar-refractivity contribution in [2.45, 2.75) is 19.3 Å². The first-order valence-electron chi connectivity index (χ1n) is 6.65. The third-order valence-electron chi connectivity index (χ3n) is 2.85. The number of carbonyl (C=O) groups is 3. The predicted octanol–water partition coefficient (Wildman–Crippen LogP) is 1.34. The Morgan fingerprint density at radius 3 is 2.76 bits per heavy atom. The average Bonchev–Trinajstić information content (AvgIpc) is 2.84. The smallest absolute Gasteiger partial charge is 0.337 e. The quantitative estimate of drug-likeness (QED) is 0.292. The van der Waals surface area contributed by atoms with Crippen LogP contribution in [0.1, 0.15) is 19.3 Å². The van der Waals surface area contributed by atoms with Gasteiger partial charge in [0.1, 0.15) is 6.61 Å². The summed E-state index contributed by atoms with van der Waals surface area (Å²) in [5.74, 6) is -0.963. The Morgan fingerprint density at radius 1 is 1.38 bits per heavy atom. The molecule has 1 rings (SSSR count). The molecular weight excluding hydrogens is 274 g/mol. The molecule has 0 radical (unpaired) electrons. The van der Waals surface area contributed by atoms with Gasteiger partial charge in [-0.3, -0.25) is 9.59 Å². The zero-order valence-electron chi connectivity index (χ0n) is 11.9. The Morgan fingerprint density at radius 2 is 2.14 bits per heavy atom. The van der Waals surface area contributed by atoms with Crippen LogP contribution in [0.2, 0.25) is 0 Å². The first kappa shape index (κ1) is 16.7. The van der Waals surface area contributed by atoms with Crippen LogP contribution in [0.3, 0.4) is 0 Å². The molecule has 6 nitrogen and oxygen atoms in total. The molecule has 0 spiro atoms. The van der Waals surface area contributed by atoms with Crippen LogP contribution in [-0.2, 0) is 23.9 Å². The highest BCUT2D eigenvalue weighted by molar-refractivity contribution is 5.91. The maximum Gasteiger partial charge on any atom is 0.337 e. The fourth-order valence-corrected chi connectivity index (χ4v) is 1.79. The van der Waals surface area contributed by atoms with Gasteiger partial charge in [-0.25, -0.2) is 4.79 Å². The third-order valence-corrected chi connectivity index (χ3v) is 2.85. The molecule has 1 fully saturated rings. The van der Waals surface area contributed by atoms with Gasteiger partial charge in [0.2, 0.25) is 5.91 Å². The van der Waals surface area contributed by atoms with Crippen molar-refractivity contribution in [3.05, 3.63) is 37.1 Å². The fourth-order valence-electron chi connectivity index (χ4n) is 1.79. The monoisotopic (exact) mass is 293 g/mol.